The zero-order chi connectivity index (χ0) is 17.5. The summed E-state index contributed by atoms with van der Waals surface area (Å²) in [6.45, 7) is 0.977. The number of para-hydroxylation sites is 1. The Labute approximate surface area is 153 Å². The molecule has 0 radical (unpaired) electrons. The van der Waals surface area contributed by atoms with Gasteiger partial charge in [0.15, 0.2) is 6.54 Å². The van der Waals surface area contributed by atoms with E-state index in [1.54, 1.807) is 7.11 Å². The van der Waals surface area contributed by atoms with Crippen LogP contribution < -0.4 is 9.30 Å². The minimum Gasteiger partial charge on any atom is -0.496 e. The second kappa shape index (κ2) is 5.99. The van der Waals surface area contributed by atoms with Gasteiger partial charge in [-0.05, 0) is 35.2 Å². The molecule has 0 spiro atoms. The molecule has 0 unspecified atom stereocenters. The Balaban J connectivity index is 1.91. The number of hydrogen-bond donors (Lipinski definition) is 0. The van der Waals surface area contributed by atoms with Crippen LogP contribution >= 0.6 is 0 Å². The second-order valence-electron chi connectivity index (χ2n) is 6.72. The van der Waals surface area contributed by atoms with E-state index in [9.17, 15) is 0 Å². The first-order valence-electron chi connectivity index (χ1n) is 9.04. The van der Waals surface area contributed by atoms with Crippen LogP contribution in [0.4, 0.5) is 0 Å². The van der Waals surface area contributed by atoms with Crippen molar-refractivity contribution in [3.8, 4) is 28.3 Å². The summed E-state index contributed by atoms with van der Waals surface area (Å²) < 4.78 is 8.12. The summed E-state index contributed by atoms with van der Waals surface area (Å²) in [5, 5.41) is 2.56. The minimum atomic E-state index is 0.913. The molecule has 1 aliphatic heterocycles. The quantitative estimate of drug-likeness (QED) is 0.467. The number of ether oxygens (including phenoxy) is 1. The van der Waals surface area contributed by atoms with Crippen LogP contribution in [-0.2, 0) is 13.0 Å². The van der Waals surface area contributed by atoms with Gasteiger partial charge in [0.05, 0.1) is 23.6 Å². The molecule has 2 heterocycles. The number of rotatable bonds is 2. The van der Waals surface area contributed by atoms with Gasteiger partial charge in [-0.2, -0.15) is 4.57 Å². The summed E-state index contributed by atoms with van der Waals surface area (Å²) >= 11 is 0. The molecule has 0 saturated carbocycles. The van der Waals surface area contributed by atoms with E-state index < -0.39 is 0 Å². The normalized spacial score (nSPS) is 12.5. The molecule has 0 saturated heterocycles. The number of aryl methyl sites for hydroxylation is 1. The first-order chi connectivity index (χ1) is 12.9. The van der Waals surface area contributed by atoms with Gasteiger partial charge < -0.3 is 4.74 Å². The third-order valence-corrected chi connectivity index (χ3v) is 5.33. The maximum absolute atomic E-state index is 5.66. The van der Waals surface area contributed by atoms with Crippen molar-refractivity contribution in [1.82, 2.24) is 0 Å². The largest absolute Gasteiger partial charge is 0.496 e. The molecule has 0 fully saturated rings. The van der Waals surface area contributed by atoms with E-state index in [1.807, 2.05) is 12.1 Å². The van der Waals surface area contributed by atoms with Crippen LogP contribution in [0.5, 0.6) is 5.75 Å². The van der Waals surface area contributed by atoms with Crippen LogP contribution in [0.25, 0.3) is 33.3 Å². The van der Waals surface area contributed by atoms with E-state index in [-0.39, 0.29) is 0 Å². The minimum absolute atomic E-state index is 0.913. The van der Waals surface area contributed by atoms with Crippen LogP contribution in [-0.4, -0.2) is 7.11 Å². The van der Waals surface area contributed by atoms with Gasteiger partial charge in [-0.15, -0.1) is 0 Å². The molecule has 126 valence electrons. The Hall–Kier alpha value is -3.13. The fraction of sp³-hybridized carbons (Fsp3) is 0.125. The molecule has 3 aromatic carbocycles. The van der Waals surface area contributed by atoms with Gasteiger partial charge in [-0.25, -0.2) is 0 Å². The van der Waals surface area contributed by atoms with Gasteiger partial charge >= 0.3 is 0 Å². The summed E-state index contributed by atoms with van der Waals surface area (Å²) in [5.41, 5.74) is 6.43. The molecule has 0 aliphatic carbocycles. The molecule has 1 aromatic heterocycles. The topological polar surface area (TPSA) is 13.1 Å². The van der Waals surface area contributed by atoms with Crippen molar-refractivity contribution in [1.29, 1.82) is 0 Å². The van der Waals surface area contributed by atoms with E-state index in [4.69, 9.17) is 4.74 Å². The molecular weight excluding hydrogens is 318 g/mol. The highest BCUT2D eigenvalue weighted by molar-refractivity contribution is 5.95. The molecule has 0 bridgehead atoms. The van der Waals surface area contributed by atoms with Crippen LogP contribution in [0.3, 0.4) is 0 Å². The summed E-state index contributed by atoms with van der Waals surface area (Å²) in [7, 11) is 1.74. The van der Waals surface area contributed by atoms with E-state index >= 15 is 0 Å². The lowest BCUT2D eigenvalue weighted by Crippen LogP contribution is -2.42. The van der Waals surface area contributed by atoms with Crippen LogP contribution in [0.2, 0.25) is 0 Å². The van der Waals surface area contributed by atoms with Crippen LogP contribution in [0, 0.1) is 0 Å². The van der Waals surface area contributed by atoms with Gasteiger partial charge in [-0.1, -0.05) is 48.5 Å². The van der Waals surface area contributed by atoms with E-state index in [0.717, 1.165) is 24.3 Å². The summed E-state index contributed by atoms with van der Waals surface area (Å²) in [4.78, 5) is 0. The number of pyridine rings is 1. The van der Waals surface area contributed by atoms with Crippen LogP contribution in [0.1, 0.15) is 5.56 Å². The highest BCUT2D eigenvalue weighted by Gasteiger charge is 2.30. The fourth-order valence-corrected chi connectivity index (χ4v) is 4.13. The first kappa shape index (κ1) is 15.2. The lowest BCUT2D eigenvalue weighted by atomic mass is 9.92. The molecule has 4 aromatic rings. The molecule has 0 atom stereocenters. The fourth-order valence-electron chi connectivity index (χ4n) is 4.13. The third-order valence-electron chi connectivity index (χ3n) is 5.33. The molecule has 2 heteroatoms. The van der Waals surface area contributed by atoms with Crippen molar-refractivity contribution in [2.75, 3.05) is 7.11 Å². The summed E-state index contributed by atoms with van der Waals surface area (Å²) in [6.07, 6.45) is 1.05. The van der Waals surface area contributed by atoms with Gasteiger partial charge in [0.1, 0.15) is 5.75 Å². The zero-order valence-electron chi connectivity index (χ0n) is 14.8. The van der Waals surface area contributed by atoms with Gasteiger partial charge in [-0.3, -0.25) is 0 Å². The van der Waals surface area contributed by atoms with Crippen molar-refractivity contribution in [3.05, 3.63) is 84.4 Å². The predicted molar refractivity (Wildman–Crippen MR) is 105 cm³/mol. The average molecular weight is 338 g/mol. The molecule has 5 rings (SSSR count). The zero-order valence-corrected chi connectivity index (χ0v) is 14.8. The van der Waals surface area contributed by atoms with Crippen molar-refractivity contribution >= 4 is 10.8 Å². The molecule has 0 N–H and O–H groups in total. The highest BCUT2D eigenvalue weighted by Crippen LogP contribution is 2.36. The SMILES string of the molecule is COc1ccccc1-c1cc2ccccc2c2[n+]1CCc1ccccc1-2. The number of hydrogen-bond acceptors (Lipinski definition) is 1. The van der Waals surface area contributed by atoms with Gasteiger partial charge in [0.25, 0.3) is 0 Å². The Morgan fingerprint density at radius 1 is 0.808 bits per heavy atom. The maximum atomic E-state index is 5.66. The van der Waals surface area contributed by atoms with Crippen molar-refractivity contribution in [2.24, 2.45) is 0 Å². The number of benzene rings is 3. The van der Waals surface area contributed by atoms with E-state index in [1.165, 1.54) is 33.3 Å². The molecule has 0 amide bonds. The molecular formula is C24H20NO+. The Kier molecular flexibility index (Phi) is 3.49. The second-order valence-corrected chi connectivity index (χ2v) is 6.72. The van der Waals surface area contributed by atoms with Crippen molar-refractivity contribution < 1.29 is 9.30 Å². The number of aromatic nitrogens is 1. The molecule has 2 nitrogen and oxygen atoms in total. The molecule has 1 aliphatic rings. The number of methoxy groups -OCH3 is 1. The summed E-state index contributed by atoms with van der Waals surface area (Å²) in [6, 6.07) is 28.0. The highest BCUT2D eigenvalue weighted by atomic mass is 16.5. The average Bonchev–Trinajstić information content (AvgIpc) is 2.72. The van der Waals surface area contributed by atoms with E-state index in [0.29, 0.717) is 0 Å². The van der Waals surface area contributed by atoms with Crippen molar-refractivity contribution in [2.45, 2.75) is 13.0 Å². The Morgan fingerprint density at radius 3 is 2.42 bits per heavy atom. The lowest BCUT2D eigenvalue weighted by Gasteiger charge is -2.19. The van der Waals surface area contributed by atoms with Gasteiger partial charge in [0.2, 0.25) is 11.4 Å². The van der Waals surface area contributed by atoms with Gasteiger partial charge in [0, 0.05) is 12.5 Å². The van der Waals surface area contributed by atoms with Crippen LogP contribution in [0.15, 0.2) is 78.9 Å². The Bertz CT molecular complexity index is 1130. The standard InChI is InChI=1S/C24H20NO/c1-26-23-13-7-6-12-21(23)22-16-18-9-3-5-11-20(18)24-19-10-4-2-8-17(19)14-15-25(22)24/h2-13,16H,14-15H2,1H3/q+1. The van der Waals surface area contributed by atoms with E-state index in [2.05, 4.69) is 71.3 Å². The number of fused-ring (bicyclic) bond motifs is 5. The number of nitrogens with zero attached hydrogens (tertiary/aromatic N) is 1. The lowest BCUT2D eigenvalue weighted by molar-refractivity contribution is -0.675. The Morgan fingerprint density at radius 2 is 1.54 bits per heavy atom. The summed E-state index contributed by atoms with van der Waals surface area (Å²) in [5.74, 6) is 0.913. The third kappa shape index (κ3) is 2.22. The maximum Gasteiger partial charge on any atom is 0.221 e. The molecule has 26 heavy (non-hydrogen) atoms. The smallest absolute Gasteiger partial charge is 0.221 e. The van der Waals surface area contributed by atoms with Crippen molar-refractivity contribution in [3.63, 3.8) is 0 Å². The predicted octanol–water partition coefficient (Wildman–Crippen LogP) is 5.03. The first-order valence-corrected chi connectivity index (χ1v) is 9.04. The monoisotopic (exact) mass is 338 g/mol.